The summed E-state index contributed by atoms with van der Waals surface area (Å²) < 4.78 is 22.2. The molecule has 0 atom stereocenters. The van der Waals surface area contributed by atoms with E-state index in [1.807, 2.05) is 18.2 Å². The summed E-state index contributed by atoms with van der Waals surface area (Å²) >= 11 is 0. The van der Waals surface area contributed by atoms with E-state index in [1.54, 1.807) is 18.2 Å². The van der Waals surface area contributed by atoms with Crippen molar-refractivity contribution in [3.05, 3.63) is 42.5 Å². The predicted octanol–water partition coefficient (Wildman–Crippen LogP) is 3.61. The number of aromatic hydroxyl groups is 1. The van der Waals surface area contributed by atoms with Crippen LogP contribution in [0.3, 0.4) is 0 Å². The molecule has 2 aromatic carbocycles. The first-order chi connectivity index (χ1) is 12.3. The van der Waals surface area contributed by atoms with Gasteiger partial charge in [0.25, 0.3) is 0 Å². The van der Waals surface area contributed by atoms with E-state index in [4.69, 9.17) is 18.9 Å². The predicted molar refractivity (Wildman–Crippen MR) is 91.4 cm³/mol. The topological polar surface area (TPSA) is 81.9 Å². The first-order valence-electron chi connectivity index (χ1n) is 8.08. The number of hydrogen-bond donors (Lipinski definition) is 1. The minimum atomic E-state index is -0.00455. The molecule has 0 saturated carbocycles. The molecule has 1 N–H and O–H groups in total. The number of rotatable bonds is 0. The summed E-state index contributed by atoms with van der Waals surface area (Å²) in [5.41, 5.74) is 0.833. The highest BCUT2D eigenvalue weighted by Crippen LogP contribution is 2.38. The van der Waals surface area contributed by atoms with Crippen molar-refractivity contribution < 1.29 is 24.1 Å². The Morgan fingerprint density at radius 1 is 0.680 bits per heavy atom. The van der Waals surface area contributed by atoms with Crippen LogP contribution in [-0.2, 0) is 9.47 Å². The summed E-state index contributed by atoms with van der Waals surface area (Å²) in [5, 5.41) is 18.4. The lowest BCUT2D eigenvalue weighted by atomic mass is 10.2. The van der Waals surface area contributed by atoms with Crippen molar-refractivity contribution in [3.63, 3.8) is 0 Å². The number of azo groups is 1. The van der Waals surface area contributed by atoms with Crippen LogP contribution in [0.25, 0.3) is 0 Å². The third-order valence-corrected chi connectivity index (χ3v) is 3.44. The van der Waals surface area contributed by atoms with Crippen LogP contribution in [0.1, 0.15) is 0 Å². The molecule has 25 heavy (non-hydrogen) atoms. The van der Waals surface area contributed by atoms with E-state index in [0.717, 1.165) is 0 Å². The first kappa shape index (κ1) is 17.2. The lowest BCUT2D eigenvalue weighted by Gasteiger charge is -2.12. The second-order valence-electron chi connectivity index (χ2n) is 5.21. The summed E-state index contributed by atoms with van der Waals surface area (Å²) in [6.07, 6.45) is 0. The molecule has 7 heteroatoms. The van der Waals surface area contributed by atoms with Crippen molar-refractivity contribution in [2.75, 3.05) is 39.6 Å². The highest BCUT2D eigenvalue weighted by molar-refractivity contribution is 5.61. The van der Waals surface area contributed by atoms with Gasteiger partial charge in [0.15, 0.2) is 11.4 Å². The second-order valence-corrected chi connectivity index (χ2v) is 5.21. The Hall–Kier alpha value is -2.64. The number of hydrogen-bond acceptors (Lipinski definition) is 7. The van der Waals surface area contributed by atoms with Crippen LogP contribution in [0, 0.1) is 0 Å². The zero-order valence-corrected chi connectivity index (χ0v) is 13.8. The van der Waals surface area contributed by atoms with Crippen LogP contribution in [0.2, 0.25) is 0 Å². The molecule has 1 aliphatic rings. The number of phenolic OH excluding ortho intramolecular Hbond substituents is 1. The molecule has 0 amide bonds. The third-order valence-electron chi connectivity index (χ3n) is 3.44. The minimum absolute atomic E-state index is 0.00455. The van der Waals surface area contributed by atoms with Gasteiger partial charge in [0.1, 0.15) is 30.4 Å². The van der Waals surface area contributed by atoms with Crippen molar-refractivity contribution in [1.29, 1.82) is 0 Å². The fourth-order valence-corrected chi connectivity index (χ4v) is 2.24. The van der Waals surface area contributed by atoms with Gasteiger partial charge in [0.05, 0.1) is 26.4 Å². The molecule has 0 radical (unpaired) electrons. The van der Waals surface area contributed by atoms with Crippen molar-refractivity contribution in [2.45, 2.75) is 0 Å². The molecule has 0 unspecified atom stereocenters. The smallest absolute Gasteiger partial charge is 0.169 e. The summed E-state index contributed by atoms with van der Waals surface area (Å²) in [6.45, 7) is 2.57. The van der Waals surface area contributed by atoms with Crippen LogP contribution in [0.15, 0.2) is 52.7 Å². The SMILES string of the molecule is Oc1cccc2c1N=Nc1ccccc1OCCOCCOCCO2. The molecule has 1 heterocycles. The maximum absolute atomic E-state index is 10.1. The van der Waals surface area contributed by atoms with Crippen molar-refractivity contribution >= 4 is 11.4 Å². The molecular weight excluding hydrogens is 324 g/mol. The summed E-state index contributed by atoms with van der Waals surface area (Å²) in [6, 6.07) is 12.2. The Labute approximate surface area is 145 Å². The molecular formula is C18H20N2O5. The van der Waals surface area contributed by atoms with Crippen LogP contribution in [0.5, 0.6) is 17.2 Å². The van der Waals surface area contributed by atoms with Crippen LogP contribution in [-0.4, -0.2) is 44.7 Å². The molecule has 0 spiro atoms. The number of fused-ring (bicyclic) bond motifs is 2. The molecule has 2 aromatic rings. The molecule has 3 rings (SSSR count). The molecule has 0 aromatic heterocycles. The number of para-hydroxylation sites is 1. The first-order valence-corrected chi connectivity index (χ1v) is 8.08. The Bertz CT molecular complexity index is 720. The largest absolute Gasteiger partial charge is 0.505 e. The van der Waals surface area contributed by atoms with Crippen LogP contribution < -0.4 is 9.47 Å². The lowest BCUT2D eigenvalue weighted by Crippen LogP contribution is -2.13. The van der Waals surface area contributed by atoms with Gasteiger partial charge in [-0.15, -0.1) is 10.2 Å². The minimum Gasteiger partial charge on any atom is -0.505 e. The average molecular weight is 344 g/mol. The molecule has 1 aliphatic heterocycles. The fourth-order valence-electron chi connectivity index (χ4n) is 2.24. The number of ether oxygens (including phenoxy) is 4. The van der Waals surface area contributed by atoms with E-state index >= 15 is 0 Å². The molecule has 7 nitrogen and oxygen atoms in total. The molecule has 0 bridgehead atoms. The standard InChI is InChI=1S/C18H20N2O5/c21-15-5-3-7-17-18(15)20-19-14-4-1-2-6-16(14)24-12-10-22-8-9-23-11-13-25-17/h1-7,21H,8-13H2. The maximum atomic E-state index is 10.1. The van der Waals surface area contributed by atoms with Gasteiger partial charge in [-0.3, -0.25) is 0 Å². The van der Waals surface area contributed by atoms with E-state index in [-0.39, 0.29) is 11.4 Å². The average Bonchev–Trinajstić information content (AvgIpc) is 2.62. The molecule has 0 aliphatic carbocycles. The maximum Gasteiger partial charge on any atom is 0.169 e. The van der Waals surface area contributed by atoms with E-state index in [0.29, 0.717) is 56.8 Å². The fraction of sp³-hybridized carbons (Fsp3) is 0.333. The van der Waals surface area contributed by atoms with Gasteiger partial charge in [0, 0.05) is 0 Å². The van der Waals surface area contributed by atoms with Crippen LogP contribution in [0.4, 0.5) is 11.4 Å². The normalized spacial score (nSPS) is 16.2. The zero-order valence-electron chi connectivity index (χ0n) is 13.8. The van der Waals surface area contributed by atoms with E-state index in [2.05, 4.69) is 10.2 Å². The lowest BCUT2D eigenvalue weighted by molar-refractivity contribution is 0.0274. The summed E-state index contributed by atoms with van der Waals surface area (Å²) in [5.74, 6) is 1.03. The van der Waals surface area contributed by atoms with Gasteiger partial charge in [-0.05, 0) is 24.3 Å². The van der Waals surface area contributed by atoms with Crippen molar-refractivity contribution in [3.8, 4) is 17.2 Å². The molecule has 0 saturated heterocycles. The van der Waals surface area contributed by atoms with E-state index in [1.165, 1.54) is 6.07 Å². The Morgan fingerprint density at radius 2 is 1.32 bits per heavy atom. The zero-order chi connectivity index (χ0) is 17.3. The number of phenols is 1. The van der Waals surface area contributed by atoms with Gasteiger partial charge >= 0.3 is 0 Å². The third kappa shape index (κ3) is 4.91. The quantitative estimate of drug-likeness (QED) is 0.789. The Balaban J connectivity index is 1.88. The van der Waals surface area contributed by atoms with Crippen molar-refractivity contribution in [1.82, 2.24) is 0 Å². The van der Waals surface area contributed by atoms with Crippen LogP contribution >= 0.6 is 0 Å². The number of nitrogens with zero attached hydrogens (tertiary/aromatic N) is 2. The van der Waals surface area contributed by atoms with E-state index < -0.39 is 0 Å². The van der Waals surface area contributed by atoms with Crippen molar-refractivity contribution in [2.24, 2.45) is 10.2 Å². The summed E-state index contributed by atoms with van der Waals surface area (Å²) in [7, 11) is 0. The highest BCUT2D eigenvalue weighted by atomic mass is 16.6. The van der Waals surface area contributed by atoms with Gasteiger partial charge in [0.2, 0.25) is 0 Å². The van der Waals surface area contributed by atoms with Gasteiger partial charge < -0.3 is 24.1 Å². The molecule has 0 fully saturated rings. The second kappa shape index (κ2) is 9.00. The number of benzene rings is 2. The monoisotopic (exact) mass is 344 g/mol. The van der Waals surface area contributed by atoms with Gasteiger partial charge in [-0.25, -0.2) is 0 Å². The van der Waals surface area contributed by atoms with Gasteiger partial charge in [-0.2, -0.15) is 0 Å². The van der Waals surface area contributed by atoms with E-state index in [9.17, 15) is 5.11 Å². The molecule has 132 valence electrons. The van der Waals surface area contributed by atoms with Gasteiger partial charge in [-0.1, -0.05) is 18.2 Å². The summed E-state index contributed by atoms with van der Waals surface area (Å²) in [4.78, 5) is 0. The Kier molecular flexibility index (Phi) is 6.19. The Morgan fingerprint density at radius 3 is 2.12 bits per heavy atom. The highest BCUT2D eigenvalue weighted by Gasteiger charge is 2.10.